The fraction of sp³-hybridized carbons (Fsp3) is 0.211. The topological polar surface area (TPSA) is 71.7 Å². The summed E-state index contributed by atoms with van der Waals surface area (Å²) < 4.78 is 41.1. The lowest BCUT2D eigenvalue weighted by molar-refractivity contribution is -0.140. The normalized spacial score (nSPS) is 13.7. The third kappa shape index (κ3) is 3.70. The maximum absolute atomic E-state index is 13.4. The van der Waals surface area contributed by atoms with Crippen LogP contribution in [0.4, 0.5) is 13.2 Å². The van der Waals surface area contributed by atoms with E-state index in [9.17, 15) is 27.9 Å². The van der Waals surface area contributed by atoms with E-state index in [4.69, 9.17) is 0 Å². The van der Waals surface area contributed by atoms with Gasteiger partial charge in [-0.3, -0.25) is 4.79 Å². The van der Waals surface area contributed by atoms with E-state index in [1.807, 2.05) is 6.92 Å². The lowest BCUT2D eigenvalue weighted by atomic mass is 10.1. The van der Waals surface area contributed by atoms with Crippen molar-refractivity contribution in [2.45, 2.75) is 26.1 Å². The summed E-state index contributed by atoms with van der Waals surface area (Å²) in [7, 11) is 0. The van der Waals surface area contributed by atoms with Crippen molar-refractivity contribution in [3.63, 3.8) is 0 Å². The van der Waals surface area contributed by atoms with Crippen molar-refractivity contribution in [3.05, 3.63) is 64.0 Å². The van der Waals surface area contributed by atoms with Gasteiger partial charge in [-0.25, -0.2) is 4.79 Å². The summed E-state index contributed by atoms with van der Waals surface area (Å²) in [6.07, 6.45) is -4.62. The van der Waals surface area contributed by atoms with Crippen molar-refractivity contribution in [1.29, 1.82) is 0 Å². The highest BCUT2D eigenvalue weighted by Gasteiger charge is 2.34. The first-order valence-electron chi connectivity index (χ1n) is 8.19. The number of carbonyl (C=O) groups is 2. The minimum absolute atomic E-state index is 0.0604. The second kappa shape index (κ2) is 7.23. The van der Waals surface area contributed by atoms with Gasteiger partial charge in [0.2, 0.25) is 0 Å². The Kier molecular flexibility index (Phi) is 5.12. The molecule has 0 saturated heterocycles. The number of carbonyl (C=O) groups excluding carboxylic acids is 1. The molecule has 1 atom stereocenters. The maximum Gasteiger partial charge on any atom is 0.417 e. The number of amides is 1. The molecule has 9 heteroatoms. The Morgan fingerprint density at radius 3 is 2.36 bits per heavy atom. The van der Waals surface area contributed by atoms with Gasteiger partial charge in [-0.1, -0.05) is 35.1 Å². The first-order valence-corrected chi connectivity index (χ1v) is 9.01. The molecule has 0 radical (unpaired) electrons. The molecule has 5 nitrogen and oxygen atoms in total. The SMILES string of the molecule is Cc1ccc(C(=O)/N=c2\sc3c(C(F)(F)F)cccc3n2C(C)C(=O)O)cc1. The fourth-order valence-electron chi connectivity index (χ4n) is 2.70. The predicted molar refractivity (Wildman–Crippen MR) is 98.2 cm³/mol. The number of hydrogen-bond donors (Lipinski definition) is 1. The van der Waals surface area contributed by atoms with Gasteiger partial charge in [0.1, 0.15) is 6.04 Å². The number of fused-ring (bicyclic) bond motifs is 1. The lowest BCUT2D eigenvalue weighted by Gasteiger charge is -2.11. The molecule has 0 aliphatic rings. The Balaban J connectivity index is 2.28. The highest BCUT2D eigenvalue weighted by molar-refractivity contribution is 7.16. The van der Waals surface area contributed by atoms with E-state index in [0.717, 1.165) is 16.2 Å². The van der Waals surface area contributed by atoms with Crippen LogP contribution in [0.2, 0.25) is 0 Å². The zero-order chi connectivity index (χ0) is 20.6. The van der Waals surface area contributed by atoms with Crippen LogP contribution in [0.3, 0.4) is 0 Å². The quantitative estimate of drug-likeness (QED) is 0.698. The molecule has 2 aromatic carbocycles. The van der Waals surface area contributed by atoms with Crippen molar-refractivity contribution in [3.8, 4) is 0 Å². The Hall–Kier alpha value is -2.94. The number of aryl methyl sites for hydroxylation is 1. The third-order valence-corrected chi connectivity index (χ3v) is 5.30. The smallest absolute Gasteiger partial charge is 0.417 e. The summed E-state index contributed by atoms with van der Waals surface area (Å²) in [5.41, 5.74) is 0.354. The summed E-state index contributed by atoms with van der Waals surface area (Å²) in [5.74, 6) is -1.91. The standard InChI is InChI=1S/C19H15F3N2O3S/c1-10-6-8-12(9-7-10)16(25)23-18-24(11(2)17(26)27)14-5-3-4-13(15(14)28-18)19(20,21)22/h3-9,11H,1-2H3,(H,26,27)/b23-18-. The molecule has 0 aliphatic carbocycles. The number of carboxylic acids is 1. The largest absolute Gasteiger partial charge is 0.480 e. The van der Waals surface area contributed by atoms with Crippen LogP contribution in [0.25, 0.3) is 10.2 Å². The average molecular weight is 408 g/mol. The van der Waals surface area contributed by atoms with E-state index in [2.05, 4.69) is 4.99 Å². The number of nitrogens with zero attached hydrogens (tertiary/aromatic N) is 2. The molecule has 3 aromatic rings. The second-order valence-corrected chi connectivity index (χ2v) is 7.18. The fourth-order valence-corrected chi connectivity index (χ4v) is 3.93. The molecule has 1 unspecified atom stereocenters. The molecule has 28 heavy (non-hydrogen) atoms. The lowest BCUT2D eigenvalue weighted by Crippen LogP contribution is -2.25. The van der Waals surface area contributed by atoms with Crippen LogP contribution in [0.5, 0.6) is 0 Å². The molecule has 0 fully saturated rings. The van der Waals surface area contributed by atoms with Gasteiger partial charge in [-0.2, -0.15) is 18.2 Å². The molecule has 1 aromatic heterocycles. The van der Waals surface area contributed by atoms with E-state index < -0.39 is 29.7 Å². The zero-order valence-corrected chi connectivity index (χ0v) is 15.6. The number of thiazole rings is 1. The van der Waals surface area contributed by atoms with E-state index in [-0.39, 0.29) is 20.6 Å². The van der Waals surface area contributed by atoms with Crippen LogP contribution >= 0.6 is 11.3 Å². The second-order valence-electron chi connectivity index (χ2n) is 6.20. The molecule has 0 bridgehead atoms. The van der Waals surface area contributed by atoms with Gasteiger partial charge in [0, 0.05) is 5.56 Å². The summed E-state index contributed by atoms with van der Waals surface area (Å²) >= 11 is 0.641. The average Bonchev–Trinajstić information content (AvgIpc) is 2.98. The van der Waals surface area contributed by atoms with Crippen molar-refractivity contribution in [2.75, 3.05) is 0 Å². The van der Waals surface area contributed by atoms with Gasteiger partial charge in [-0.05, 0) is 38.1 Å². The van der Waals surface area contributed by atoms with Crippen LogP contribution in [-0.4, -0.2) is 21.6 Å². The van der Waals surface area contributed by atoms with Crippen LogP contribution < -0.4 is 4.80 Å². The summed E-state index contributed by atoms with van der Waals surface area (Å²) in [5, 5.41) is 9.38. The first-order chi connectivity index (χ1) is 13.1. The van der Waals surface area contributed by atoms with Gasteiger partial charge in [0.25, 0.3) is 5.91 Å². The number of benzene rings is 2. The highest BCUT2D eigenvalue weighted by Crippen LogP contribution is 2.36. The first kappa shape index (κ1) is 19.8. The van der Waals surface area contributed by atoms with Crippen LogP contribution in [0.1, 0.15) is 34.5 Å². The van der Waals surface area contributed by atoms with Gasteiger partial charge >= 0.3 is 12.1 Å². The number of halogens is 3. The van der Waals surface area contributed by atoms with Gasteiger partial charge in [0.05, 0.1) is 15.8 Å². The van der Waals surface area contributed by atoms with E-state index >= 15 is 0 Å². The molecule has 1 heterocycles. The number of carboxylic acid groups (broad SMARTS) is 1. The molecule has 0 saturated carbocycles. The van der Waals surface area contributed by atoms with Crippen molar-refractivity contribution < 1.29 is 27.9 Å². The summed E-state index contributed by atoms with van der Waals surface area (Å²) in [4.78, 5) is 27.8. The van der Waals surface area contributed by atoms with E-state index in [0.29, 0.717) is 11.3 Å². The van der Waals surface area contributed by atoms with Crippen LogP contribution in [0, 0.1) is 6.92 Å². The molecular weight excluding hydrogens is 393 g/mol. The number of aliphatic carboxylic acids is 1. The zero-order valence-electron chi connectivity index (χ0n) is 14.8. The van der Waals surface area contributed by atoms with Gasteiger partial charge in [-0.15, -0.1) is 0 Å². The molecule has 1 N–H and O–H groups in total. The minimum Gasteiger partial charge on any atom is -0.480 e. The van der Waals surface area contributed by atoms with E-state index in [1.165, 1.54) is 19.1 Å². The molecular formula is C19H15F3N2O3S. The number of hydrogen-bond acceptors (Lipinski definition) is 3. The van der Waals surface area contributed by atoms with Gasteiger partial charge < -0.3 is 9.67 Å². The molecule has 1 amide bonds. The Bertz CT molecular complexity index is 1130. The number of alkyl halides is 3. The molecule has 3 rings (SSSR count). The Morgan fingerprint density at radius 1 is 1.14 bits per heavy atom. The maximum atomic E-state index is 13.4. The minimum atomic E-state index is -4.62. The highest BCUT2D eigenvalue weighted by atomic mass is 32.1. The summed E-state index contributed by atoms with van der Waals surface area (Å²) in [6.45, 7) is 3.17. The van der Waals surface area contributed by atoms with Crippen LogP contribution in [0.15, 0.2) is 47.5 Å². The third-order valence-electron chi connectivity index (χ3n) is 4.20. The predicted octanol–water partition coefficient (Wildman–Crippen LogP) is 4.42. The Labute approximate surface area is 161 Å². The number of aromatic nitrogens is 1. The van der Waals surface area contributed by atoms with Crippen molar-refractivity contribution in [2.24, 2.45) is 4.99 Å². The molecule has 0 aliphatic heterocycles. The van der Waals surface area contributed by atoms with Crippen molar-refractivity contribution in [1.82, 2.24) is 4.57 Å². The molecule has 146 valence electrons. The molecule has 0 spiro atoms. The van der Waals surface area contributed by atoms with Gasteiger partial charge in [0.15, 0.2) is 4.80 Å². The monoisotopic (exact) mass is 408 g/mol. The van der Waals surface area contributed by atoms with Crippen LogP contribution in [-0.2, 0) is 11.0 Å². The Morgan fingerprint density at radius 2 is 1.79 bits per heavy atom. The van der Waals surface area contributed by atoms with E-state index in [1.54, 1.807) is 24.3 Å². The summed E-state index contributed by atoms with van der Waals surface area (Å²) in [6, 6.07) is 8.83. The van der Waals surface area contributed by atoms with Crippen molar-refractivity contribution >= 4 is 33.4 Å². The number of rotatable bonds is 3.